The molecular weight excluding hydrogens is 202 g/mol. The summed E-state index contributed by atoms with van der Waals surface area (Å²) in [6.07, 6.45) is 1.13. The topological polar surface area (TPSA) is 50.2 Å². The van der Waals surface area contributed by atoms with Gasteiger partial charge in [0, 0.05) is 17.1 Å². The van der Waals surface area contributed by atoms with E-state index in [9.17, 15) is 9.90 Å². The third kappa shape index (κ3) is 1.82. The normalized spacial score (nSPS) is 12.6. The molecule has 1 unspecified atom stereocenters. The predicted octanol–water partition coefficient (Wildman–Crippen LogP) is 2.19. The van der Waals surface area contributed by atoms with Crippen LogP contribution in [0.15, 0.2) is 36.5 Å². The number of hydrogen-bond acceptors (Lipinski definition) is 3. The van der Waals surface area contributed by atoms with Crippen molar-refractivity contribution < 1.29 is 9.90 Å². The third-order valence-corrected chi connectivity index (χ3v) is 2.59. The Labute approximate surface area is 93.7 Å². The molecule has 1 aromatic carbocycles. The van der Waals surface area contributed by atoms with Crippen LogP contribution in [0.5, 0.6) is 0 Å². The van der Waals surface area contributed by atoms with Gasteiger partial charge in [0.05, 0.1) is 5.52 Å². The molecule has 0 aliphatic carbocycles. The van der Waals surface area contributed by atoms with Gasteiger partial charge in [-0.2, -0.15) is 0 Å². The van der Waals surface area contributed by atoms with Gasteiger partial charge < -0.3 is 5.11 Å². The van der Waals surface area contributed by atoms with E-state index in [1.54, 1.807) is 25.3 Å². The predicted molar refractivity (Wildman–Crippen MR) is 62.4 cm³/mol. The Morgan fingerprint density at radius 2 is 2.12 bits per heavy atom. The van der Waals surface area contributed by atoms with E-state index in [1.165, 1.54) is 0 Å². The molecule has 2 aromatic rings. The van der Waals surface area contributed by atoms with Gasteiger partial charge in [-0.1, -0.05) is 25.1 Å². The smallest absolute Gasteiger partial charge is 0.193 e. The zero-order chi connectivity index (χ0) is 11.5. The van der Waals surface area contributed by atoms with E-state index >= 15 is 0 Å². The maximum atomic E-state index is 11.9. The minimum atomic E-state index is -0.937. The number of benzene rings is 1. The number of carbonyl (C=O) groups excluding carboxylic acids is 1. The van der Waals surface area contributed by atoms with Crippen LogP contribution in [0.3, 0.4) is 0 Å². The fraction of sp³-hybridized carbons (Fsp3) is 0.231. The summed E-state index contributed by atoms with van der Waals surface area (Å²) in [5.41, 5.74) is 1.15. The van der Waals surface area contributed by atoms with Gasteiger partial charge in [-0.05, 0) is 18.6 Å². The van der Waals surface area contributed by atoms with Crippen LogP contribution in [0.1, 0.15) is 23.7 Å². The summed E-state index contributed by atoms with van der Waals surface area (Å²) in [6, 6.07) is 9.14. The number of nitrogens with zero attached hydrogens (tertiary/aromatic N) is 1. The van der Waals surface area contributed by atoms with Crippen LogP contribution in [0.25, 0.3) is 10.9 Å². The molecule has 0 amide bonds. The lowest BCUT2D eigenvalue weighted by atomic mass is 10.0. The first-order chi connectivity index (χ1) is 7.74. The van der Waals surface area contributed by atoms with Gasteiger partial charge in [-0.25, -0.2) is 0 Å². The van der Waals surface area contributed by atoms with E-state index in [1.807, 2.05) is 18.2 Å². The molecule has 82 valence electrons. The Morgan fingerprint density at radius 1 is 1.38 bits per heavy atom. The Kier molecular flexibility index (Phi) is 2.97. The molecule has 0 fully saturated rings. The SMILES string of the molecule is CCC(O)C(=O)c1cccc2cccnc12. The third-order valence-electron chi connectivity index (χ3n) is 2.59. The lowest BCUT2D eigenvalue weighted by Gasteiger charge is -2.08. The van der Waals surface area contributed by atoms with Gasteiger partial charge in [0.2, 0.25) is 0 Å². The molecule has 0 radical (unpaired) electrons. The Morgan fingerprint density at radius 3 is 2.88 bits per heavy atom. The monoisotopic (exact) mass is 215 g/mol. The van der Waals surface area contributed by atoms with Crippen LogP contribution in [0.4, 0.5) is 0 Å². The van der Waals surface area contributed by atoms with E-state index in [2.05, 4.69) is 4.98 Å². The van der Waals surface area contributed by atoms with Crippen molar-refractivity contribution in [2.45, 2.75) is 19.4 Å². The number of Topliss-reactive ketones (excluding diaryl/α,β-unsaturated/α-hetero) is 1. The van der Waals surface area contributed by atoms with Crippen molar-refractivity contribution in [3.8, 4) is 0 Å². The minimum Gasteiger partial charge on any atom is -0.385 e. The minimum absolute atomic E-state index is 0.258. The molecule has 0 spiro atoms. The Bertz CT molecular complexity index is 517. The molecule has 0 saturated carbocycles. The van der Waals surface area contributed by atoms with Crippen LogP contribution in [-0.2, 0) is 0 Å². The van der Waals surface area contributed by atoms with E-state index in [-0.39, 0.29) is 5.78 Å². The first-order valence-electron chi connectivity index (χ1n) is 5.30. The van der Waals surface area contributed by atoms with E-state index in [0.29, 0.717) is 17.5 Å². The van der Waals surface area contributed by atoms with Crippen molar-refractivity contribution in [3.63, 3.8) is 0 Å². The molecule has 1 heterocycles. The van der Waals surface area contributed by atoms with Crippen LogP contribution < -0.4 is 0 Å². The van der Waals surface area contributed by atoms with Crippen molar-refractivity contribution >= 4 is 16.7 Å². The lowest BCUT2D eigenvalue weighted by molar-refractivity contribution is 0.0742. The number of ketones is 1. The highest BCUT2D eigenvalue weighted by Gasteiger charge is 2.17. The standard InChI is InChI=1S/C13H13NO2/c1-2-11(15)13(16)10-7-3-5-9-6-4-8-14-12(9)10/h3-8,11,15H,2H2,1H3. The van der Waals surface area contributed by atoms with E-state index < -0.39 is 6.10 Å². The maximum absolute atomic E-state index is 11.9. The zero-order valence-electron chi connectivity index (χ0n) is 9.05. The van der Waals surface area contributed by atoms with Crippen molar-refractivity contribution in [3.05, 3.63) is 42.1 Å². The van der Waals surface area contributed by atoms with Crippen LogP contribution in [0.2, 0.25) is 0 Å². The molecular formula is C13H13NO2. The average Bonchev–Trinajstić information content (AvgIpc) is 2.36. The molecule has 1 atom stereocenters. The maximum Gasteiger partial charge on any atom is 0.193 e. The second-order valence-corrected chi connectivity index (χ2v) is 3.67. The van der Waals surface area contributed by atoms with Crippen molar-refractivity contribution in [2.24, 2.45) is 0 Å². The van der Waals surface area contributed by atoms with Gasteiger partial charge in [0.25, 0.3) is 0 Å². The number of aliphatic hydroxyl groups excluding tert-OH is 1. The number of fused-ring (bicyclic) bond motifs is 1. The summed E-state index contributed by atoms with van der Waals surface area (Å²) in [5.74, 6) is -0.258. The molecule has 0 bridgehead atoms. The second-order valence-electron chi connectivity index (χ2n) is 3.67. The number of pyridine rings is 1. The second kappa shape index (κ2) is 4.41. The highest BCUT2D eigenvalue weighted by atomic mass is 16.3. The van der Waals surface area contributed by atoms with Gasteiger partial charge in [0.1, 0.15) is 6.10 Å². The zero-order valence-corrected chi connectivity index (χ0v) is 9.05. The summed E-state index contributed by atoms with van der Waals surface area (Å²) >= 11 is 0. The molecule has 0 aliphatic rings. The number of hydrogen-bond donors (Lipinski definition) is 1. The van der Waals surface area contributed by atoms with Crippen LogP contribution in [-0.4, -0.2) is 22.0 Å². The number of carbonyl (C=O) groups is 1. The van der Waals surface area contributed by atoms with Crippen LogP contribution >= 0.6 is 0 Å². The van der Waals surface area contributed by atoms with Gasteiger partial charge >= 0.3 is 0 Å². The fourth-order valence-electron chi connectivity index (χ4n) is 1.67. The van der Waals surface area contributed by atoms with E-state index in [0.717, 1.165) is 5.39 Å². The quantitative estimate of drug-likeness (QED) is 0.798. The average molecular weight is 215 g/mol. The summed E-state index contributed by atoms with van der Waals surface area (Å²) < 4.78 is 0. The highest BCUT2D eigenvalue weighted by molar-refractivity contribution is 6.08. The summed E-state index contributed by atoms with van der Waals surface area (Å²) in [4.78, 5) is 16.1. The molecule has 0 aliphatic heterocycles. The van der Waals surface area contributed by atoms with Gasteiger partial charge in [-0.15, -0.1) is 0 Å². The number of para-hydroxylation sites is 1. The summed E-state index contributed by atoms with van der Waals surface area (Å²) in [6.45, 7) is 1.78. The first-order valence-corrected chi connectivity index (χ1v) is 5.30. The van der Waals surface area contributed by atoms with Gasteiger partial charge in [0.15, 0.2) is 5.78 Å². The lowest BCUT2D eigenvalue weighted by Crippen LogP contribution is -2.19. The molecule has 3 heteroatoms. The number of aliphatic hydroxyl groups is 1. The molecule has 1 N–H and O–H groups in total. The fourth-order valence-corrected chi connectivity index (χ4v) is 1.67. The summed E-state index contributed by atoms with van der Waals surface area (Å²) in [5, 5.41) is 10.5. The largest absolute Gasteiger partial charge is 0.385 e. The highest BCUT2D eigenvalue weighted by Crippen LogP contribution is 2.18. The van der Waals surface area contributed by atoms with Crippen molar-refractivity contribution in [1.29, 1.82) is 0 Å². The number of aromatic nitrogens is 1. The number of rotatable bonds is 3. The van der Waals surface area contributed by atoms with E-state index in [4.69, 9.17) is 0 Å². The summed E-state index contributed by atoms with van der Waals surface area (Å²) in [7, 11) is 0. The Balaban J connectivity index is 2.56. The molecule has 2 rings (SSSR count). The van der Waals surface area contributed by atoms with Crippen molar-refractivity contribution in [1.82, 2.24) is 4.98 Å². The Hall–Kier alpha value is -1.74. The van der Waals surface area contributed by atoms with Crippen LogP contribution in [0, 0.1) is 0 Å². The molecule has 16 heavy (non-hydrogen) atoms. The van der Waals surface area contributed by atoms with Gasteiger partial charge in [-0.3, -0.25) is 9.78 Å². The molecule has 3 nitrogen and oxygen atoms in total. The first kappa shape index (κ1) is 10.8. The molecule has 0 saturated heterocycles. The van der Waals surface area contributed by atoms with Crippen molar-refractivity contribution in [2.75, 3.05) is 0 Å². The molecule has 1 aromatic heterocycles.